The van der Waals surface area contributed by atoms with E-state index < -0.39 is 16.0 Å². The first kappa shape index (κ1) is 24.7. The molecule has 0 radical (unpaired) electrons. The van der Waals surface area contributed by atoms with Crippen LogP contribution in [-0.2, 0) is 26.0 Å². The van der Waals surface area contributed by atoms with Crippen LogP contribution in [0.15, 0.2) is 64.6 Å². The fraction of sp³-hybridized carbons (Fsp3) is 0.417. The Morgan fingerprint density at radius 2 is 1.88 bits per heavy atom. The van der Waals surface area contributed by atoms with Crippen molar-refractivity contribution in [2.45, 2.75) is 31.3 Å². The summed E-state index contributed by atoms with van der Waals surface area (Å²) in [5, 5.41) is -0.300. The van der Waals surface area contributed by atoms with E-state index in [1.807, 2.05) is 30.3 Å². The smallest absolute Gasteiger partial charge is 0.374 e. The van der Waals surface area contributed by atoms with Crippen molar-refractivity contribution in [1.82, 2.24) is 9.21 Å². The summed E-state index contributed by atoms with van der Waals surface area (Å²) >= 11 is 0. The van der Waals surface area contributed by atoms with E-state index in [1.54, 1.807) is 17.9 Å². The molecule has 33 heavy (non-hydrogen) atoms. The van der Waals surface area contributed by atoms with E-state index in [0.717, 1.165) is 12.0 Å². The molecule has 3 rings (SSSR count). The van der Waals surface area contributed by atoms with Crippen molar-refractivity contribution in [3.05, 3.63) is 66.4 Å². The van der Waals surface area contributed by atoms with Crippen molar-refractivity contribution in [2.75, 3.05) is 32.8 Å². The van der Waals surface area contributed by atoms with Gasteiger partial charge in [0.15, 0.2) is 0 Å². The van der Waals surface area contributed by atoms with Crippen LogP contribution in [0.3, 0.4) is 0 Å². The number of esters is 1. The number of hydrogen-bond acceptors (Lipinski definition) is 6. The SMILES string of the molecule is C=CCN(CCc1ccccc1)C(=O)C1CCN(S(=O)(=O)c2ccc(C(=O)OCC)o2)CC1. The summed E-state index contributed by atoms with van der Waals surface area (Å²) in [6, 6.07) is 12.5. The number of carbonyl (C=O) groups excluding carboxylic acids is 2. The number of sulfonamides is 1. The van der Waals surface area contributed by atoms with Crippen LogP contribution >= 0.6 is 0 Å². The topological polar surface area (TPSA) is 97.1 Å². The Morgan fingerprint density at radius 3 is 2.52 bits per heavy atom. The maximum atomic E-state index is 13.1. The Bertz CT molecular complexity index is 1060. The van der Waals surface area contributed by atoms with Crippen molar-refractivity contribution < 1.29 is 27.2 Å². The summed E-state index contributed by atoms with van der Waals surface area (Å²) in [5.41, 5.74) is 1.15. The number of rotatable bonds is 10. The van der Waals surface area contributed by atoms with Gasteiger partial charge in [-0.15, -0.1) is 6.58 Å². The van der Waals surface area contributed by atoms with Gasteiger partial charge in [0.25, 0.3) is 10.0 Å². The van der Waals surface area contributed by atoms with Crippen LogP contribution in [0.5, 0.6) is 0 Å². The lowest BCUT2D eigenvalue weighted by Crippen LogP contribution is -2.44. The molecule has 0 atom stereocenters. The first-order chi connectivity index (χ1) is 15.9. The Labute approximate surface area is 194 Å². The van der Waals surface area contributed by atoms with Crippen LogP contribution in [0.25, 0.3) is 0 Å². The standard InChI is InChI=1S/C24H30N2O6S/c1-3-15-25(16-12-19-8-6-5-7-9-19)23(27)20-13-17-26(18-14-20)33(29,30)22-11-10-21(32-22)24(28)31-4-2/h3,5-11,20H,1,4,12-18H2,2H3. The van der Waals surface area contributed by atoms with Gasteiger partial charge in [0.05, 0.1) is 6.61 Å². The van der Waals surface area contributed by atoms with Gasteiger partial charge in [0.2, 0.25) is 16.8 Å². The fourth-order valence-corrected chi connectivity index (χ4v) is 5.24. The van der Waals surface area contributed by atoms with Gasteiger partial charge in [-0.3, -0.25) is 4.79 Å². The number of benzene rings is 1. The third-order valence-corrected chi connectivity index (χ3v) is 7.40. The average molecular weight is 475 g/mol. The van der Waals surface area contributed by atoms with Gasteiger partial charge < -0.3 is 14.1 Å². The predicted octanol–water partition coefficient (Wildman–Crippen LogP) is 3.11. The zero-order valence-electron chi connectivity index (χ0n) is 18.8. The van der Waals surface area contributed by atoms with E-state index in [-0.39, 0.29) is 42.4 Å². The van der Waals surface area contributed by atoms with Gasteiger partial charge in [0.1, 0.15) is 0 Å². The molecule has 0 saturated carbocycles. The van der Waals surface area contributed by atoms with Crippen LogP contribution in [0.4, 0.5) is 0 Å². The van der Waals surface area contributed by atoms with Gasteiger partial charge >= 0.3 is 5.97 Å². The lowest BCUT2D eigenvalue weighted by Gasteiger charge is -2.33. The van der Waals surface area contributed by atoms with Gasteiger partial charge in [-0.1, -0.05) is 36.4 Å². The molecule has 1 amide bonds. The van der Waals surface area contributed by atoms with E-state index >= 15 is 0 Å². The fourth-order valence-electron chi connectivity index (χ4n) is 3.86. The Balaban J connectivity index is 1.59. The Morgan fingerprint density at radius 1 is 1.18 bits per heavy atom. The van der Waals surface area contributed by atoms with Crippen LogP contribution in [0.1, 0.15) is 35.9 Å². The maximum absolute atomic E-state index is 13.1. The highest BCUT2D eigenvalue weighted by Gasteiger charge is 2.35. The van der Waals surface area contributed by atoms with Crippen molar-refractivity contribution in [1.29, 1.82) is 0 Å². The highest BCUT2D eigenvalue weighted by Crippen LogP contribution is 2.26. The molecule has 1 aliphatic rings. The number of hydrogen-bond donors (Lipinski definition) is 0. The van der Waals surface area contributed by atoms with E-state index in [4.69, 9.17) is 9.15 Å². The van der Waals surface area contributed by atoms with Crippen LogP contribution in [0, 0.1) is 5.92 Å². The summed E-state index contributed by atoms with van der Waals surface area (Å²) in [7, 11) is -3.90. The van der Waals surface area contributed by atoms with Gasteiger partial charge in [-0.25, -0.2) is 13.2 Å². The summed E-state index contributed by atoms with van der Waals surface area (Å²) < 4.78 is 37.2. The second kappa shape index (κ2) is 11.3. The monoisotopic (exact) mass is 474 g/mol. The molecule has 178 valence electrons. The minimum atomic E-state index is -3.90. The highest BCUT2D eigenvalue weighted by molar-refractivity contribution is 7.89. The van der Waals surface area contributed by atoms with E-state index in [1.165, 1.54) is 16.4 Å². The maximum Gasteiger partial charge on any atom is 0.374 e. The molecule has 0 spiro atoms. The average Bonchev–Trinajstić information content (AvgIpc) is 3.34. The van der Waals surface area contributed by atoms with Gasteiger partial charge in [-0.2, -0.15) is 4.31 Å². The molecule has 1 saturated heterocycles. The van der Waals surface area contributed by atoms with E-state index in [2.05, 4.69) is 6.58 Å². The summed E-state index contributed by atoms with van der Waals surface area (Å²) in [4.78, 5) is 26.7. The van der Waals surface area contributed by atoms with Crippen LogP contribution < -0.4 is 0 Å². The summed E-state index contributed by atoms with van der Waals surface area (Å²) in [6.45, 7) is 7.02. The molecule has 8 nitrogen and oxygen atoms in total. The van der Waals surface area contributed by atoms with Crippen molar-refractivity contribution in [3.63, 3.8) is 0 Å². The molecule has 2 aromatic rings. The molecule has 0 bridgehead atoms. The Kier molecular flexibility index (Phi) is 8.46. The number of ether oxygens (including phenoxy) is 1. The van der Waals surface area contributed by atoms with Crippen LogP contribution in [-0.4, -0.2) is 62.3 Å². The van der Waals surface area contributed by atoms with Gasteiger partial charge in [0, 0.05) is 32.1 Å². The predicted molar refractivity (Wildman–Crippen MR) is 123 cm³/mol. The first-order valence-electron chi connectivity index (χ1n) is 11.1. The molecule has 1 aromatic heterocycles. The zero-order valence-corrected chi connectivity index (χ0v) is 19.6. The molecular weight excluding hydrogens is 444 g/mol. The van der Waals surface area contributed by atoms with Crippen molar-refractivity contribution in [2.24, 2.45) is 5.92 Å². The lowest BCUT2D eigenvalue weighted by molar-refractivity contribution is -0.136. The molecule has 0 N–H and O–H groups in total. The number of amides is 1. The minimum Gasteiger partial charge on any atom is -0.460 e. The lowest BCUT2D eigenvalue weighted by atomic mass is 9.96. The number of nitrogens with zero attached hydrogens (tertiary/aromatic N) is 2. The largest absolute Gasteiger partial charge is 0.460 e. The quantitative estimate of drug-likeness (QED) is 0.388. The molecule has 1 aromatic carbocycles. The molecule has 2 heterocycles. The number of furan rings is 1. The summed E-state index contributed by atoms with van der Waals surface area (Å²) in [5.74, 6) is -1.09. The van der Waals surface area contributed by atoms with Crippen molar-refractivity contribution >= 4 is 21.9 Å². The van der Waals surface area contributed by atoms with Crippen molar-refractivity contribution in [3.8, 4) is 0 Å². The molecule has 0 unspecified atom stereocenters. The van der Waals surface area contributed by atoms with Gasteiger partial charge in [-0.05, 0) is 43.9 Å². The highest BCUT2D eigenvalue weighted by atomic mass is 32.2. The van der Waals surface area contributed by atoms with Crippen LogP contribution in [0.2, 0.25) is 0 Å². The van der Waals surface area contributed by atoms with E-state index in [0.29, 0.717) is 25.9 Å². The molecule has 1 aliphatic heterocycles. The molecule has 1 fully saturated rings. The third-order valence-electron chi connectivity index (χ3n) is 5.63. The number of carbonyl (C=O) groups is 2. The second-order valence-corrected chi connectivity index (χ2v) is 9.69. The third kappa shape index (κ3) is 6.11. The zero-order chi connectivity index (χ0) is 23.8. The molecular formula is C24H30N2O6S. The number of piperidine rings is 1. The first-order valence-corrected chi connectivity index (χ1v) is 12.5. The normalized spacial score (nSPS) is 15.2. The summed E-state index contributed by atoms with van der Waals surface area (Å²) in [6.07, 6.45) is 3.29. The minimum absolute atomic E-state index is 0.0190. The van der Waals surface area contributed by atoms with E-state index in [9.17, 15) is 18.0 Å². The molecule has 9 heteroatoms. The molecule has 0 aliphatic carbocycles. The Hall–Kier alpha value is -2.91. The second-order valence-electron chi connectivity index (χ2n) is 7.83.